The number of thioether (sulfide) groups is 1. The van der Waals surface area contributed by atoms with E-state index >= 15 is 0 Å². The topological polar surface area (TPSA) is 86.5 Å². The number of hydrogen-bond acceptors (Lipinski definition) is 7. The van der Waals surface area contributed by atoms with E-state index in [9.17, 15) is 4.79 Å². The van der Waals surface area contributed by atoms with E-state index in [2.05, 4.69) is 10.3 Å². The molecular weight excluding hydrogens is 394 g/mol. The number of amides is 1. The number of thiazole rings is 1. The molecule has 0 aliphatic heterocycles. The third-order valence-corrected chi connectivity index (χ3v) is 5.85. The molecule has 2 aromatic carbocycles. The summed E-state index contributed by atoms with van der Waals surface area (Å²) in [5.41, 5.74) is 8.05. The predicted octanol–water partition coefficient (Wildman–Crippen LogP) is 4.53. The molecule has 1 aromatic heterocycles. The summed E-state index contributed by atoms with van der Waals surface area (Å²) in [4.78, 5) is 18.0. The van der Waals surface area contributed by atoms with Crippen molar-refractivity contribution in [3.05, 3.63) is 47.8 Å². The number of carbonyl (C=O) groups excluding carboxylic acids is 1. The molecule has 1 heterocycles. The molecule has 0 aliphatic carbocycles. The number of nitrogen functional groups attached to an aromatic ring is 1. The number of nitrogens with two attached hydrogens (primary N) is 1. The fraction of sp³-hybridized carbons (Fsp3) is 0.200. The lowest BCUT2D eigenvalue weighted by molar-refractivity contribution is -0.115. The van der Waals surface area contributed by atoms with E-state index in [-0.39, 0.29) is 11.2 Å². The average molecular weight is 416 g/mol. The van der Waals surface area contributed by atoms with Gasteiger partial charge in [-0.3, -0.25) is 4.79 Å². The number of rotatable bonds is 7. The summed E-state index contributed by atoms with van der Waals surface area (Å²) in [6.45, 7) is 1.86. The number of carbonyl (C=O) groups is 1. The summed E-state index contributed by atoms with van der Waals surface area (Å²) in [6.07, 6.45) is 0. The standard InChI is InChI=1S/C20H21N3O3S2/c1-12(28-15-7-5-14(21)6-8-15)19(24)23-20-22-16(11-27-20)13-4-9-17(25-2)18(10-13)26-3/h4-12H,21H2,1-3H3,(H,22,23,24). The van der Waals surface area contributed by atoms with Crippen LogP contribution >= 0.6 is 23.1 Å². The molecule has 0 bridgehead atoms. The maximum atomic E-state index is 12.5. The average Bonchev–Trinajstić information content (AvgIpc) is 3.17. The van der Waals surface area contributed by atoms with Crippen molar-refractivity contribution in [3.63, 3.8) is 0 Å². The smallest absolute Gasteiger partial charge is 0.239 e. The van der Waals surface area contributed by atoms with Crippen LogP contribution in [0.25, 0.3) is 11.3 Å². The zero-order valence-electron chi connectivity index (χ0n) is 15.8. The van der Waals surface area contributed by atoms with Crippen LogP contribution in [0.15, 0.2) is 52.7 Å². The van der Waals surface area contributed by atoms with E-state index in [1.54, 1.807) is 14.2 Å². The molecule has 0 saturated heterocycles. The van der Waals surface area contributed by atoms with E-state index in [4.69, 9.17) is 15.2 Å². The zero-order chi connectivity index (χ0) is 20.1. The van der Waals surface area contributed by atoms with Crippen LogP contribution in [0.1, 0.15) is 6.92 Å². The lowest BCUT2D eigenvalue weighted by Gasteiger charge is -2.10. The molecule has 3 rings (SSSR count). The number of hydrogen-bond donors (Lipinski definition) is 2. The molecule has 28 heavy (non-hydrogen) atoms. The third-order valence-electron chi connectivity index (χ3n) is 3.98. The van der Waals surface area contributed by atoms with Crippen LogP contribution in [0.2, 0.25) is 0 Å². The van der Waals surface area contributed by atoms with Crippen LogP contribution in [-0.4, -0.2) is 30.4 Å². The van der Waals surface area contributed by atoms with Gasteiger partial charge >= 0.3 is 0 Å². The number of nitrogens with zero attached hydrogens (tertiary/aromatic N) is 1. The van der Waals surface area contributed by atoms with E-state index in [0.717, 1.165) is 16.2 Å². The summed E-state index contributed by atoms with van der Waals surface area (Å²) < 4.78 is 10.6. The third kappa shape index (κ3) is 4.76. The Hall–Kier alpha value is -2.71. The zero-order valence-corrected chi connectivity index (χ0v) is 17.4. The Labute approximate surface area is 172 Å². The largest absolute Gasteiger partial charge is 0.493 e. The minimum Gasteiger partial charge on any atom is -0.493 e. The number of benzene rings is 2. The molecule has 0 saturated carbocycles. The van der Waals surface area contributed by atoms with Gasteiger partial charge in [-0.2, -0.15) is 0 Å². The van der Waals surface area contributed by atoms with Crippen LogP contribution in [-0.2, 0) is 4.79 Å². The Bertz CT molecular complexity index is 958. The van der Waals surface area contributed by atoms with Gasteiger partial charge in [-0.15, -0.1) is 23.1 Å². The molecule has 3 aromatic rings. The molecule has 1 unspecified atom stereocenters. The first-order valence-electron chi connectivity index (χ1n) is 8.51. The molecule has 8 heteroatoms. The van der Waals surface area contributed by atoms with Crippen molar-refractivity contribution >= 4 is 39.8 Å². The maximum Gasteiger partial charge on any atom is 0.239 e. The Balaban J connectivity index is 1.66. The van der Waals surface area contributed by atoms with Gasteiger partial charge in [0.25, 0.3) is 0 Å². The molecule has 0 fully saturated rings. The van der Waals surface area contributed by atoms with Gasteiger partial charge < -0.3 is 20.5 Å². The Kier molecular flexibility index (Phi) is 6.43. The van der Waals surface area contributed by atoms with Crippen LogP contribution in [0.5, 0.6) is 11.5 Å². The van der Waals surface area contributed by atoms with Gasteiger partial charge in [-0.25, -0.2) is 4.98 Å². The monoisotopic (exact) mass is 415 g/mol. The van der Waals surface area contributed by atoms with Gasteiger partial charge in [0, 0.05) is 21.5 Å². The maximum absolute atomic E-state index is 12.5. The minimum atomic E-state index is -0.267. The summed E-state index contributed by atoms with van der Waals surface area (Å²) >= 11 is 2.85. The number of nitrogens with one attached hydrogen (secondary N) is 1. The van der Waals surface area contributed by atoms with Gasteiger partial charge in [-0.1, -0.05) is 0 Å². The minimum absolute atomic E-state index is 0.102. The van der Waals surface area contributed by atoms with Crippen molar-refractivity contribution in [3.8, 4) is 22.8 Å². The lowest BCUT2D eigenvalue weighted by atomic mass is 10.1. The van der Waals surface area contributed by atoms with E-state index in [0.29, 0.717) is 22.3 Å². The van der Waals surface area contributed by atoms with Gasteiger partial charge in [-0.05, 0) is 49.4 Å². The SMILES string of the molecule is COc1ccc(-c2csc(NC(=O)C(C)Sc3ccc(N)cc3)n2)cc1OC. The molecular formula is C20H21N3O3S2. The second kappa shape index (κ2) is 8.99. The molecule has 1 atom stereocenters. The molecule has 0 aliphatic rings. The van der Waals surface area contributed by atoms with Crippen molar-refractivity contribution in [2.45, 2.75) is 17.1 Å². The van der Waals surface area contributed by atoms with Crippen LogP contribution in [0.4, 0.5) is 10.8 Å². The highest BCUT2D eigenvalue weighted by Gasteiger charge is 2.17. The second-order valence-corrected chi connectivity index (χ2v) is 8.20. The fourth-order valence-electron chi connectivity index (χ4n) is 2.47. The van der Waals surface area contributed by atoms with Gasteiger partial charge in [0.15, 0.2) is 16.6 Å². The van der Waals surface area contributed by atoms with E-state index in [1.807, 2.05) is 54.8 Å². The fourth-order valence-corrected chi connectivity index (χ4v) is 4.06. The summed E-state index contributed by atoms with van der Waals surface area (Å²) in [5.74, 6) is 1.19. The molecule has 0 spiro atoms. The highest BCUT2D eigenvalue weighted by atomic mass is 32.2. The van der Waals surface area contributed by atoms with Crippen molar-refractivity contribution in [2.75, 3.05) is 25.3 Å². The molecule has 3 N–H and O–H groups in total. The van der Waals surface area contributed by atoms with E-state index < -0.39 is 0 Å². The Morgan fingerprint density at radius 2 is 1.86 bits per heavy atom. The number of aromatic nitrogens is 1. The molecule has 146 valence electrons. The predicted molar refractivity (Wildman–Crippen MR) is 115 cm³/mol. The second-order valence-electron chi connectivity index (χ2n) is 5.93. The first-order chi connectivity index (χ1) is 13.5. The van der Waals surface area contributed by atoms with Gasteiger partial charge in [0.05, 0.1) is 25.2 Å². The van der Waals surface area contributed by atoms with E-state index in [1.165, 1.54) is 23.1 Å². The van der Waals surface area contributed by atoms with Crippen LogP contribution < -0.4 is 20.5 Å². The quantitative estimate of drug-likeness (QED) is 0.436. The first kappa shape index (κ1) is 20.0. The van der Waals surface area contributed by atoms with Crippen molar-refractivity contribution in [2.24, 2.45) is 0 Å². The Morgan fingerprint density at radius 3 is 2.54 bits per heavy atom. The number of methoxy groups -OCH3 is 2. The van der Waals surface area contributed by atoms with Gasteiger partial charge in [0.2, 0.25) is 5.91 Å². The van der Waals surface area contributed by atoms with Crippen LogP contribution in [0.3, 0.4) is 0 Å². The van der Waals surface area contributed by atoms with Crippen molar-refractivity contribution in [1.82, 2.24) is 4.98 Å². The van der Waals surface area contributed by atoms with Crippen LogP contribution in [0, 0.1) is 0 Å². The molecule has 6 nitrogen and oxygen atoms in total. The highest BCUT2D eigenvalue weighted by molar-refractivity contribution is 8.00. The first-order valence-corrected chi connectivity index (χ1v) is 10.3. The number of ether oxygens (including phenoxy) is 2. The lowest BCUT2D eigenvalue weighted by Crippen LogP contribution is -2.22. The summed E-state index contributed by atoms with van der Waals surface area (Å²) in [5, 5.41) is 5.07. The van der Waals surface area contributed by atoms with Crippen molar-refractivity contribution < 1.29 is 14.3 Å². The van der Waals surface area contributed by atoms with Crippen molar-refractivity contribution in [1.29, 1.82) is 0 Å². The summed E-state index contributed by atoms with van der Waals surface area (Å²) in [7, 11) is 3.19. The van der Waals surface area contributed by atoms with Gasteiger partial charge in [0.1, 0.15) is 0 Å². The Morgan fingerprint density at radius 1 is 1.14 bits per heavy atom. The normalized spacial score (nSPS) is 11.7. The molecule has 0 radical (unpaired) electrons. The number of anilines is 2. The summed E-state index contributed by atoms with van der Waals surface area (Å²) in [6, 6.07) is 13.1. The molecule has 1 amide bonds. The highest BCUT2D eigenvalue weighted by Crippen LogP contribution is 2.33.